The Balaban J connectivity index is 2.10. The van der Waals surface area contributed by atoms with E-state index in [4.69, 9.17) is 10.5 Å². The summed E-state index contributed by atoms with van der Waals surface area (Å²) in [6, 6.07) is 2.27. The molecule has 1 saturated heterocycles. The van der Waals surface area contributed by atoms with Crippen LogP contribution >= 0.6 is 0 Å². The van der Waals surface area contributed by atoms with E-state index in [0.717, 1.165) is 38.0 Å². The van der Waals surface area contributed by atoms with Crippen LogP contribution in [-0.4, -0.2) is 26.3 Å². The number of nitrogen functional groups attached to an aromatic ring is 1. The van der Waals surface area contributed by atoms with Gasteiger partial charge < -0.3 is 15.4 Å². The largest absolute Gasteiger partial charge is 0.399 e. The van der Waals surface area contributed by atoms with Crippen molar-refractivity contribution >= 4 is 11.4 Å². The van der Waals surface area contributed by atoms with Gasteiger partial charge >= 0.3 is 0 Å². The molecule has 0 spiro atoms. The van der Waals surface area contributed by atoms with E-state index in [9.17, 15) is 8.78 Å². The van der Waals surface area contributed by atoms with Crippen molar-refractivity contribution in [3.8, 4) is 0 Å². The molecule has 1 aliphatic rings. The normalized spacial score (nSPS) is 19.8. The average molecular weight is 256 g/mol. The van der Waals surface area contributed by atoms with Gasteiger partial charge in [-0.1, -0.05) is 0 Å². The van der Waals surface area contributed by atoms with Gasteiger partial charge in [0.2, 0.25) is 0 Å². The molecule has 5 heteroatoms. The minimum Gasteiger partial charge on any atom is -0.399 e. The molecule has 0 aliphatic carbocycles. The van der Waals surface area contributed by atoms with Crippen molar-refractivity contribution < 1.29 is 13.5 Å². The van der Waals surface area contributed by atoms with Crippen LogP contribution in [-0.2, 0) is 4.74 Å². The van der Waals surface area contributed by atoms with Crippen molar-refractivity contribution in [2.45, 2.75) is 25.4 Å². The first kappa shape index (κ1) is 13.1. The minimum absolute atomic E-state index is 0.0418. The van der Waals surface area contributed by atoms with E-state index in [0.29, 0.717) is 6.54 Å². The second-order valence-corrected chi connectivity index (χ2v) is 4.70. The molecule has 0 saturated carbocycles. The lowest BCUT2D eigenvalue weighted by molar-refractivity contribution is 0.0215. The molecule has 3 nitrogen and oxygen atoms in total. The molecule has 2 N–H and O–H groups in total. The van der Waals surface area contributed by atoms with Gasteiger partial charge in [0.1, 0.15) is 5.69 Å². The number of halogens is 2. The van der Waals surface area contributed by atoms with Gasteiger partial charge in [-0.05, 0) is 31.4 Å². The average Bonchev–Trinajstić information content (AvgIpc) is 2.28. The third kappa shape index (κ3) is 2.90. The van der Waals surface area contributed by atoms with Crippen molar-refractivity contribution in [1.82, 2.24) is 0 Å². The van der Waals surface area contributed by atoms with Crippen LogP contribution in [0, 0.1) is 11.6 Å². The topological polar surface area (TPSA) is 38.5 Å². The standard InChI is InChI=1S/C13H18F2N2O/c1-17(8-10-4-2-3-5-18-10)13-11(14)6-9(16)7-12(13)15/h6-7,10H,2-5,8,16H2,1H3. The van der Waals surface area contributed by atoms with Crippen LogP contribution in [0.3, 0.4) is 0 Å². The number of hydrogen-bond acceptors (Lipinski definition) is 3. The fraction of sp³-hybridized carbons (Fsp3) is 0.538. The van der Waals surface area contributed by atoms with E-state index in [1.54, 1.807) is 11.9 Å². The molecule has 1 aliphatic heterocycles. The van der Waals surface area contributed by atoms with Gasteiger partial charge in [-0.25, -0.2) is 8.78 Å². The zero-order valence-electron chi connectivity index (χ0n) is 10.5. The van der Waals surface area contributed by atoms with Crippen LogP contribution in [0.5, 0.6) is 0 Å². The summed E-state index contributed by atoms with van der Waals surface area (Å²) >= 11 is 0. The van der Waals surface area contributed by atoms with Crippen molar-refractivity contribution in [2.75, 3.05) is 30.8 Å². The van der Waals surface area contributed by atoms with Crippen LogP contribution in [0.2, 0.25) is 0 Å². The highest BCUT2D eigenvalue weighted by Crippen LogP contribution is 2.26. The second-order valence-electron chi connectivity index (χ2n) is 4.70. The van der Waals surface area contributed by atoms with E-state index < -0.39 is 11.6 Å². The molecule has 0 amide bonds. The molecule has 0 radical (unpaired) electrons. The second kappa shape index (κ2) is 5.52. The summed E-state index contributed by atoms with van der Waals surface area (Å²) in [7, 11) is 1.66. The van der Waals surface area contributed by atoms with Crippen LogP contribution in [0.4, 0.5) is 20.2 Å². The number of anilines is 2. The van der Waals surface area contributed by atoms with E-state index in [2.05, 4.69) is 0 Å². The van der Waals surface area contributed by atoms with E-state index in [1.165, 1.54) is 0 Å². The quantitative estimate of drug-likeness (QED) is 0.845. The van der Waals surface area contributed by atoms with Gasteiger partial charge in [0, 0.05) is 25.9 Å². The monoisotopic (exact) mass is 256 g/mol. The molecular weight excluding hydrogens is 238 g/mol. The Bertz CT molecular complexity index is 396. The molecule has 18 heavy (non-hydrogen) atoms. The molecule has 1 unspecified atom stereocenters. The maximum Gasteiger partial charge on any atom is 0.151 e. The molecule has 1 atom stereocenters. The Morgan fingerprint density at radius 1 is 1.33 bits per heavy atom. The molecule has 1 fully saturated rings. The Labute approximate surface area is 106 Å². The van der Waals surface area contributed by atoms with Crippen LogP contribution in [0.1, 0.15) is 19.3 Å². The van der Waals surface area contributed by atoms with Crippen molar-refractivity contribution in [3.63, 3.8) is 0 Å². The maximum absolute atomic E-state index is 13.7. The highest BCUT2D eigenvalue weighted by atomic mass is 19.1. The first-order valence-electron chi connectivity index (χ1n) is 6.15. The van der Waals surface area contributed by atoms with Gasteiger partial charge in [-0.15, -0.1) is 0 Å². The third-order valence-electron chi connectivity index (χ3n) is 3.17. The first-order valence-corrected chi connectivity index (χ1v) is 6.15. The lowest BCUT2D eigenvalue weighted by atomic mass is 10.1. The fourth-order valence-electron chi connectivity index (χ4n) is 2.30. The molecule has 1 aromatic rings. The summed E-state index contributed by atoms with van der Waals surface area (Å²) in [6.07, 6.45) is 3.14. The highest BCUT2D eigenvalue weighted by Gasteiger charge is 2.20. The number of nitrogens with zero attached hydrogens (tertiary/aromatic N) is 1. The van der Waals surface area contributed by atoms with E-state index >= 15 is 0 Å². The van der Waals surface area contributed by atoms with E-state index in [-0.39, 0.29) is 17.5 Å². The molecule has 0 bridgehead atoms. The number of ether oxygens (including phenoxy) is 1. The highest BCUT2D eigenvalue weighted by molar-refractivity contribution is 5.55. The van der Waals surface area contributed by atoms with Crippen molar-refractivity contribution in [3.05, 3.63) is 23.8 Å². The molecule has 0 aromatic heterocycles. The van der Waals surface area contributed by atoms with Gasteiger partial charge in [0.15, 0.2) is 11.6 Å². The summed E-state index contributed by atoms with van der Waals surface area (Å²) in [4.78, 5) is 1.56. The summed E-state index contributed by atoms with van der Waals surface area (Å²) in [5, 5.41) is 0. The Morgan fingerprint density at radius 2 is 2.00 bits per heavy atom. The molecule has 2 rings (SSSR count). The van der Waals surface area contributed by atoms with Gasteiger partial charge in [-0.3, -0.25) is 0 Å². The summed E-state index contributed by atoms with van der Waals surface area (Å²) in [5.41, 5.74) is 5.44. The van der Waals surface area contributed by atoms with Crippen molar-refractivity contribution in [1.29, 1.82) is 0 Å². The number of benzene rings is 1. The molecule has 1 aromatic carbocycles. The molecular formula is C13H18F2N2O. The maximum atomic E-state index is 13.7. The Morgan fingerprint density at radius 3 is 2.56 bits per heavy atom. The van der Waals surface area contributed by atoms with Gasteiger partial charge in [0.25, 0.3) is 0 Å². The van der Waals surface area contributed by atoms with E-state index in [1.807, 2.05) is 0 Å². The Hall–Kier alpha value is -1.36. The lowest BCUT2D eigenvalue weighted by Crippen LogP contribution is -2.34. The number of rotatable bonds is 3. The van der Waals surface area contributed by atoms with Crippen LogP contribution in [0.25, 0.3) is 0 Å². The first-order chi connectivity index (χ1) is 8.58. The minimum atomic E-state index is -0.634. The van der Waals surface area contributed by atoms with Crippen LogP contribution in [0.15, 0.2) is 12.1 Å². The summed E-state index contributed by atoms with van der Waals surface area (Å²) in [6.45, 7) is 1.21. The predicted octanol–water partition coefficient (Wildman–Crippen LogP) is 2.55. The number of hydrogen-bond donors (Lipinski definition) is 1. The number of likely N-dealkylation sites (N-methyl/N-ethyl adjacent to an activating group) is 1. The van der Waals surface area contributed by atoms with Crippen molar-refractivity contribution in [2.24, 2.45) is 0 Å². The molecule has 1 heterocycles. The van der Waals surface area contributed by atoms with Gasteiger partial charge in [0.05, 0.1) is 6.10 Å². The number of nitrogens with two attached hydrogens (primary N) is 1. The zero-order chi connectivity index (χ0) is 13.1. The summed E-state index contributed by atoms with van der Waals surface area (Å²) < 4.78 is 33.0. The van der Waals surface area contributed by atoms with Crippen LogP contribution < -0.4 is 10.6 Å². The Kier molecular flexibility index (Phi) is 4.01. The smallest absolute Gasteiger partial charge is 0.151 e. The SMILES string of the molecule is CN(CC1CCCCO1)c1c(F)cc(N)cc1F. The third-order valence-corrected chi connectivity index (χ3v) is 3.17. The summed E-state index contributed by atoms with van der Waals surface area (Å²) in [5.74, 6) is -1.27. The molecule has 100 valence electrons. The lowest BCUT2D eigenvalue weighted by Gasteiger charge is -2.29. The fourth-order valence-corrected chi connectivity index (χ4v) is 2.30. The zero-order valence-corrected chi connectivity index (χ0v) is 10.5. The predicted molar refractivity (Wildman–Crippen MR) is 67.6 cm³/mol. The van der Waals surface area contributed by atoms with Gasteiger partial charge in [-0.2, -0.15) is 0 Å².